The maximum Gasteiger partial charge on any atom is 0.318 e. The molecular weight excluding hydrogens is 208 g/mol. The first-order valence-corrected chi connectivity index (χ1v) is 5.05. The fourth-order valence-electron chi connectivity index (χ4n) is 0.703. The number of aliphatic carboxylic acids is 1. The molecule has 0 aromatic carbocycles. The molecule has 80 valence electrons. The van der Waals surface area contributed by atoms with Crippen molar-refractivity contribution in [2.24, 2.45) is 0 Å². The molecule has 0 aliphatic heterocycles. The Labute approximate surface area is 83.3 Å². The quantitative estimate of drug-likeness (QED) is 0.591. The summed E-state index contributed by atoms with van der Waals surface area (Å²) < 4.78 is 24.5. The average Bonchev–Trinajstić information content (AvgIpc) is 2.02. The third-order valence-electron chi connectivity index (χ3n) is 1.37. The molecule has 7 heteroatoms. The summed E-state index contributed by atoms with van der Waals surface area (Å²) in [6.45, 7) is -0.891. The zero-order chi connectivity index (χ0) is 11.4. The Morgan fingerprint density at radius 2 is 2.00 bits per heavy atom. The number of carbonyl (C=O) groups is 1. The summed E-state index contributed by atoms with van der Waals surface area (Å²) in [6, 6.07) is 0. The molecule has 0 heterocycles. The van der Waals surface area contributed by atoms with Crippen LogP contribution in [0.2, 0.25) is 0 Å². The number of terminal acetylenes is 1. The van der Waals surface area contributed by atoms with E-state index in [-0.39, 0.29) is 6.54 Å². The fraction of sp³-hybridized carbons (Fsp3) is 0.571. The van der Waals surface area contributed by atoms with Crippen LogP contribution < -0.4 is 0 Å². The Kier molecular flexibility index (Phi) is 4.56. The Morgan fingerprint density at radius 1 is 1.50 bits per heavy atom. The van der Waals surface area contributed by atoms with Gasteiger partial charge >= 0.3 is 5.97 Å². The van der Waals surface area contributed by atoms with Crippen molar-refractivity contribution in [1.82, 2.24) is 8.61 Å². The molecule has 0 bridgehead atoms. The zero-order valence-electron chi connectivity index (χ0n) is 7.97. The number of hydrogen-bond donors (Lipinski definition) is 1. The lowest BCUT2D eigenvalue weighted by molar-refractivity contribution is -0.137. The maximum atomic E-state index is 11.4. The van der Waals surface area contributed by atoms with E-state index in [1.54, 1.807) is 0 Å². The van der Waals surface area contributed by atoms with Crippen LogP contribution in [-0.4, -0.2) is 55.3 Å². The highest BCUT2D eigenvalue weighted by molar-refractivity contribution is 7.86. The summed E-state index contributed by atoms with van der Waals surface area (Å²) in [5.74, 6) is 0.846. The van der Waals surface area contributed by atoms with Gasteiger partial charge in [0.25, 0.3) is 10.2 Å². The highest BCUT2D eigenvalue weighted by Gasteiger charge is 2.25. The van der Waals surface area contributed by atoms with Crippen molar-refractivity contribution in [3.63, 3.8) is 0 Å². The van der Waals surface area contributed by atoms with Crippen LogP contribution in [0.25, 0.3) is 0 Å². The lowest BCUT2D eigenvalue weighted by atomic mass is 10.6. The molecule has 0 spiro atoms. The molecule has 0 saturated carbocycles. The van der Waals surface area contributed by atoms with Gasteiger partial charge in [-0.3, -0.25) is 4.79 Å². The zero-order valence-corrected chi connectivity index (χ0v) is 8.78. The molecule has 1 N–H and O–H groups in total. The highest BCUT2D eigenvalue weighted by atomic mass is 32.2. The number of carboxylic acid groups (broad SMARTS) is 1. The molecule has 0 saturated heterocycles. The molecule has 0 atom stereocenters. The molecule has 14 heavy (non-hydrogen) atoms. The van der Waals surface area contributed by atoms with Gasteiger partial charge < -0.3 is 5.11 Å². The topological polar surface area (TPSA) is 77.9 Å². The molecular formula is C7H12N2O4S. The van der Waals surface area contributed by atoms with Crippen LogP contribution in [0.4, 0.5) is 0 Å². The van der Waals surface area contributed by atoms with E-state index in [4.69, 9.17) is 11.5 Å². The van der Waals surface area contributed by atoms with E-state index >= 15 is 0 Å². The van der Waals surface area contributed by atoms with Crippen LogP contribution >= 0.6 is 0 Å². The third kappa shape index (κ3) is 3.33. The van der Waals surface area contributed by atoms with E-state index in [0.29, 0.717) is 4.31 Å². The number of hydrogen-bond acceptors (Lipinski definition) is 3. The fourth-order valence-corrected chi connectivity index (χ4v) is 1.68. The normalized spacial score (nSPS) is 11.6. The minimum absolute atomic E-state index is 0.257. The van der Waals surface area contributed by atoms with Gasteiger partial charge in [0.15, 0.2) is 0 Å². The van der Waals surface area contributed by atoms with Gasteiger partial charge in [0.05, 0.1) is 6.54 Å². The standard InChI is InChI=1S/C7H12N2O4S/c1-4-5-9(6-7(10)11)14(12,13)8(2)3/h1H,5-6H2,2-3H3,(H,10,11). The lowest BCUT2D eigenvalue weighted by Gasteiger charge is -2.21. The first kappa shape index (κ1) is 12.9. The van der Waals surface area contributed by atoms with Gasteiger partial charge in [0.1, 0.15) is 6.54 Å². The molecule has 0 rings (SSSR count). The Morgan fingerprint density at radius 3 is 2.29 bits per heavy atom. The van der Waals surface area contributed by atoms with Gasteiger partial charge in [-0.05, 0) is 0 Å². The third-order valence-corrected chi connectivity index (χ3v) is 3.20. The van der Waals surface area contributed by atoms with Gasteiger partial charge in [-0.2, -0.15) is 17.0 Å². The molecule has 6 nitrogen and oxygen atoms in total. The lowest BCUT2D eigenvalue weighted by Crippen LogP contribution is -2.42. The minimum atomic E-state index is -3.75. The van der Waals surface area contributed by atoms with Crippen molar-refractivity contribution in [2.45, 2.75) is 0 Å². The number of nitrogens with zero attached hydrogens (tertiary/aromatic N) is 2. The van der Waals surface area contributed by atoms with Gasteiger partial charge in [-0.1, -0.05) is 5.92 Å². The van der Waals surface area contributed by atoms with Crippen LogP contribution in [-0.2, 0) is 15.0 Å². The van der Waals surface area contributed by atoms with Gasteiger partial charge in [-0.25, -0.2) is 0 Å². The predicted octanol–water partition coefficient (Wildman–Crippen LogP) is -1.19. The molecule has 0 aromatic heterocycles. The summed E-state index contributed by atoms with van der Waals surface area (Å²) >= 11 is 0. The molecule has 0 aliphatic rings. The largest absolute Gasteiger partial charge is 0.480 e. The van der Waals surface area contributed by atoms with Crippen LogP contribution in [0.1, 0.15) is 0 Å². The molecule has 0 amide bonds. The minimum Gasteiger partial charge on any atom is -0.480 e. The summed E-state index contributed by atoms with van der Waals surface area (Å²) in [6.07, 6.45) is 4.93. The van der Waals surface area contributed by atoms with Crippen molar-refractivity contribution < 1.29 is 18.3 Å². The second kappa shape index (κ2) is 4.95. The van der Waals surface area contributed by atoms with E-state index in [1.807, 2.05) is 0 Å². The van der Waals surface area contributed by atoms with E-state index in [0.717, 1.165) is 4.31 Å². The van der Waals surface area contributed by atoms with Crippen LogP contribution in [0, 0.1) is 12.3 Å². The average molecular weight is 220 g/mol. The van der Waals surface area contributed by atoms with Gasteiger partial charge in [0.2, 0.25) is 0 Å². The number of rotatable bonds is 5. The monoisotopic (exact) mass is 220 g/mol. The summed E-state index contributed by atoms with van der Waals surface area (Å²) in [7, 11) is -1.14. The van der Waals surface area contributed by atoms with Crippen molar-refractivity contribution in [1.29, 1.82) is 0 Å². The van der Waals surface area contributed by atoms with Crippen LogP contribution in [0.5, 0.6) is 0 Å². The Bertz CT molecular complexity index is 341. The Balaban J connectivity index is 4.84. The van der Waals surface area contributed by atoms with Crippen molar-refractivity contribution >= 4 is 16.2 Å². The van der Waals surface area contributed by atoms with E-state index in [1.165, 1.54) is 14.1 Å². The Hall–Kier alpha value is -1.10. The maximum absolute atomic E-state index is 11.4. The first-order chi connectivity index (χ1) is 6.32. The molecule has 0 radical (unpaired) electrons. The molecule has 0 aromatic rings. The van der Waals surface area contributed by atoms with Crippen molar-refractivity contribution in [3.8, 4) is 12.3 Å². The van der Waals surface area contributed by atoms with Gasteiger partial charge in [0, 0.05) is 14.1 Å². The van der Waals surface area contributed by atoms with Crippen molar-refractivity contribution in [3.05, 3.63) is 0 Å². The smallest absolute Gasteiger partial charge is 0.318 e. The molecule has 0 fully saturated rings. The number of carboxylic acids is 1. The summed E-state index contributed by atoms with van der Waals surface area (Å²) in [5, 5.41) is 8.46. The second-order valence-electron chi connectivity index (χ2n) is 2.66. The highest BCUT2D eigenvalue weighted by Crippen LogP contribution is 2.02. The molecule has 0 aliphatic carbocycles. The van der Waals surface area contributed by atoms with Crippen LogP contribution in [0.3, 0.4) is 0 Å². The van der Waals surface area contributed by atoms with Crippen LogP contribution in [0.15, 0.2) is 0 Å². The predicted molar refractivity (Wildman–Crippen MR) is 50.6 cm³/mol. The van der Waals surface area contributed by atoms with Gasteiger partial charge in [-0.15, -0.1) is 6.42 Å². The van der Waals surface area contributed by atoms with E-state index in [9.17, 15) is 13.2 Å². The first-order valence-electron chi connectivity index (χ1n) is 3.65. The summed E-state index contributed by atoms with van der Waals surface area (Å²) in [4.78, 5) is 10.4. The second-order valence-corrected chi connectivity index (χ2v) is 4.80. The SMILES string of the molecule is C#CCN(CC(=O)O)S(=O)(=O)N(C)C. The van der Waals surface area contributed by atoms with E-state index < -0.39 is 22.7 Å². The van der Waals surface area contributed by atoms with E-state index in [2.05, 4.69) is 5.92 Å². The molecule has 0 unspecified atom stereocenters. The van der Waals surface area contributed by atoms with Crippen molar-refractivity contribution in [2.75, 3.05) is 27.2 Å². The summed E-state index contributed by atoms with van der Waals surface area (Å²) in [5.41, 5.74) is 0.